The Hall–Kier alpha value is -1.51. The summed E-state index contributed by atoms with van der Waals surface area (Å²) in [5.41, 5.74) is 0.523. The van der Waals surface area contributed by atoms with E-state index in [2.05, 4.69) is 22.0 Å². The van der Waals surface area contributed by atoms with Crippen LogP contribution >= 0.6 is 27.3 Å². The molecular formula is C13H10BrNO2S. The van der Waals surface area contributed by atoms with E-state index >= 15 is 0 Å². The second-order valence-electron chi connectivity index (χ2n) is 3.49. The van der Waals surface area contributed by atoms with E-state index in [-0.39, 0.29) is 0 Å². The van der Waals surface area contributed by atoms with Gasteiger partial charge in [-0.1, -0.05) is 0 Å². The van der Waals surface area contributed by atoms with Gasteiger partial charge in [0.15, 0.2) is 0 Å². The van der Waals surface area contributed by atoms with E-state index in [9.17, 15) is 0 Å². The second-order valence-corrected chi connectivity index (χ2v) is 5.34. The highest BCUT2D eigenvalue weighted by molar-refractivity contribution is 9.10. The third-order valence-electron chi connectivity index (χ3n) is 2.31. The van der Waals surface area contributed by atoms with Crippen molar-refractivity contribution in [3.63, 3.8) is 0 Å². The molecule has 0 aliphatic rings. The van der Waals surface area contributed by atoms with Crippen molar-refractivity contribution in [2.75, 3.05) is 7.11 Å². The molecule has 0 aliphatic heterocycles. The van der Waals surface area contributed by atoms with Gasteiger partial charge in [-0.25, -0.2) is 0 Å². The van der Waals surface area contributed by atoms with Crippen LogP contribution in [-0.4, -0.2) is 7.11 Å². The van der Waals surface area contributed by atoms with E-state index in [4.69, 9.17) is 14.7 Å². The van der Waals surface area contributed by atoms with Gasteiger partial charge >= 0.3 is 0 Å². The first-order valence-electron chi connectivity index (χ1n) is 5.17. The summed E-state index contributed by atoms with van der Waals surface area (Å²) in [7, 11) is 1.57. The van der Waals surface area contributed by atoms with Gasteiger partial charge in [-0.3, -0.25) is 0 Å². The molecule has 1 aromatic heterocycles. The maximum atomic E-state index is 8.91. The molecule has 3 nitrogen and oxygen atoms in total. The highest BCUT2D eigenvalue weighted by Crippen LogP contribution is 2.26. The Bertz CT molecular complexity index is 589. The summed E-state index contributed by atoms with van der Waals surface area (Å²) in [6, 6.07) is 9.20. The predicted octanol–water partition coefficient (Wildman–Crippen LogP) is 3.97. The summed E-state index contributed by atoms with van der Waals surface area (Å²) >= 11 is 5.07. The lowest BCUT2D eigenvalue weighted by atomic mass is 10.2. The maximum absolute atomic E-state index is 8.91. The lowest BCUT2D eigenvalue weighted by Gasteiger charge is -2.08. The Morgan fingerprint density at radius 2 is 2.11 bits per heavy atom. The minimum atomic E-state index is 0.469. The van der Waals surface area contributed by atoms with Crippen LogP contribution in [-0.2, 0) is 6.61 Å². The molecule has 0 radical (unpaired) electrons. The van der Waals surface area contributed by atoms with Crippen molar-refractivity contribution in [2.45, 2.75) is 6.61 Å². The van der Waals surface area contributed by atoms with Crippen LogP contribution in [0.3, 0.4) is 0 Å². The number of nitrogens with zero attached hydrogens (tertiary/aromatic N) is 1. The molecule has 0 saturated heterocycles. The maximum Gasteiger partial charge on any atom is 0.124 e. The number of methoxy groups -OCH3 is 1. The molecule has 0 bridgehead atoms. The van der Waals surface area contributed by atoms with Crippen molar-refractivity contribution in [3.05, 3.63) is 44.6 Å². The predicted molar refractivity (Wildman–Crippen MR) is 74.1 cm³/mol. The smallest absolute Gasteiger partial charge is 0.124 e. The van der Waals surface area contributed by atoms with E-state index in [1.807, 2.05) is 11.4 Å². The Morgan fingerprint density at radius 1 is 1.33 bits per heavy atom. The molecule has 0 amide bonds. The fraction of sp³-hybridized carbons (Fsp3) is 0.154. The van der Waals surface area contributed by atoms with E-state index in [0.29, 0.717) is 23.7 Å². The first-order valence-corrected chi connectivity index (χ1v) is 6.84. The third-order valence-corrected chi connectivity index (χ3v) is 4.21. The molecule has 1 aromatic carbocycles. The normalized spacial score (nSPS) is 9.83. The number of hydrogen-bond donors (Lipinski definition) is 0. The molecule has 0 N–H and O–H groups in total. The molecule has 0 spiro atoms. The minimum Gasteiger partial charge on any atom is -0.497 e. The highest BCUT2D eigenvalue weighted by atomic mass is 79.9. The molecule has 0 saturated carbocycles. The van der Waals surface area contributed by atoms with Gasteiger partial charge in [-0.05, 0) is 39.5 Å². The number of halogens is 1. The van der Waals surface area contributed by atoms with Crippen molar-refractivity contribution >= 4 is 27.3 Å². The first kappa shape index (κ1) is 12.9. The van der Waals surface area contributed by atoms with Crippen LogP contribution in [0.4, 0.5) is 0 Å². The molecule has 0 atom stereocenters. The Balaban J connectivity index is 2.14. The molecule has 5 heteroatoms. The van der Waals surface area contributed by atoms with Crippen LogP contribution in [0.1, 0.15) is 10.4 Å². The van der Waals surface area contributed by atoms with E-state index in [1.54, 1.807) is 36.6 Å². The van der Waals surface area contributed by atoms with Crippen LogP contribution in [0.2, 0.25) is 0 Å². The summed E-state index contributed by atoms with van der Waals surface area (Å²) in [6.45, 7) is 0.469. The van der Waals surface area contributed by atoms with E-state index in [1.165, 1.54) is 0 Å². The number of hydrogen-bond acceptors (Lipinski definition) is 4. The van der Waals surface area contributed by atoms with Crippen molar-refractivity contribution < 1.29 is 9.47 Å². The van der Waals surface area contributed by atoms with Gasteiger partial charge < -0.3 is 9.47 Å². The summed E-state index contributed by atoms with van der Waals surface area (Å²) in [4.78, 5) is 1.11. The fourth-order valence-electron chi connectivity index (χ4n) is 1.41. The first-order chi connectivity index (χ1) is 8.72. The Morgan fingerprint density at radius 3 is 2.72 bits per heavy atom. The Labute approximate surface area is 118 Å². The monoisotopic (exact) mass is 323 g/mol. The molecule has 18 heavy (non-hydrogen) atoms. The number of thiophene rings is 1. The van der Waals surface area contributed by atoms with Gasteiger partial charge in [0.2, 0.25) is 0 Å². The zero-order chi connectivity index (χ0) is 13.0. The van der Waals surface area contributed by atoms with Crippen molar-refractivity contribution in [1.29, 1.82) is 5.26 Å². The highest BCUT2D eigenvalue weighted by Gasteiger charge is 2.05. The zero-order valence-electron chi connectivity index (χ0n) is 9.64. The number of benzene rings is 1. The largest absolute Gasteiger partial charge is 0.497 e. The summed E-state index contributed by atoms with van der Waals surface area (Å²) in [6.07, 6.45) is 0. The van der Waals surface area contributed by atoms with Crippen molar-refractivity contribution in [3.8, 4) is 17.6 Å². The molecular weight excluding hydrogens is 314 g/mol. The average Bonchev–Trinajstić information content (AvgIpc) is 2.81. The molecule has 0 aliphatic carbocycles. The molecule has 1 heterocycles. The number of rotatable bonds is 4. The number of nitriles is 1. The average molecular weight is 324 g/mol. The third kappa shape index (κ3) is 3.03. The van der Waals surface area contributed by atoms with Crippen LogP contribution < -0.4 is 9.47 Å². The topological polar surface area (TPSA) is 42.2 Å². The van der Waals surface area contributed by atoms with E-state index < -0.39 is 0 Å². The number of ether oxygens (including phenoxy) is 2. The fourth-order valence-corrected chi connectivity index (χ4v) is 2.79. The standard InChI is InChI=1S/C13H10BrNO2S/c1-16-10-4-9(7-15)5-11(6-10)17-8-13-12(14)2-3-18-13/h2-6H,8H2,1H3. The molecule has 0 unspecified atom stereocenters. The van der Waals surface area contributed by atoms with Crippen LogP contribution in [0, 0.1) is 11.3 Å². The molecule has 2 rings (SSSR count). The molecule has 0 fully saturated rings. The van der Waals surface area contributed by atoms with Crippen molar-refractivity contribution in [1.82, 2.24) is 0 Å². The molecule has 2 aromatic rings. The lowest BCUT2D eigenvalue weighted by molar-refractivity contribution is 0.306. The van der Waals surface area contributed by atoms with Gasteiger partial charge in [0.25, 0.3) is 0 Å². The van der Waals surface area contributed by atoms with Crippen LogP contribution in [0.25, 0.3) is 0 Å². The van der Waals surface area contributed by atoms with Crippen LogP contribution in [0.15, 0.2) is 34.1 Å². The summed E-state index contributed by atoms with van der Waals surface area (Å²) in [5.74, 6) is 1.25. The minimum absolute atomic E-state index is 0.469. The van der Waals surface area contributed by atoms with Gasteiger partial charge in [-0.2, -0.15) is 5.26 Å². The van der Waals surface area contributed by atoms with Gasteiger partial charge in [0, 0.05) is 10.5 Å². The van der Waals surface area contributed by atoms with E-state index in [0.717, 1.165) is 9.35 Å². The zero-order valence-corrected chi connectivity index (χ0v) is 12.0. The second kappa shape index (κ2) is 5.89. The van der Waals surface area contributed by atoms with Gasteiger partial charge in [-0.15, -0.1) is 11.3 Å². The van der Waals surface area contributed by atoms with Crippen molar-refractivity contribution in [2.24, 2.45) is 0 Å². The van der Waals surface area contributed by atoms with Gasteiger partial charge in [0.1, 0.15) is 18.1 Å². The van der Waals surface area contributed by atoms with Gasteiger partial charge in [0.05, 0.1) is 23.6 Å². The molecule has 92 valence electrons. The Kier molecular flexibility index (Phi) is 4.24. The summed E-state index contributed by atoms with van der Waals surface area (Å²) < 4.78 is 11.8. The quantitative estimate of drug-likeness (QED) is 0.854. The SMILES string of the molecule is COc1cc(C#N)cc(OCc2sccc2Br)c1. The summed E-state index contributed by atoms with van der Waals surface area (Å²) in [5, 5.41) is 10.9. The lowest BCUT2D eigenvalue weighted by Crippen LogP contribution is -1.95. The van der Waals surface area contributed by atoms with Crippen LogP contribution in [0.5, 0.6) is 11.5 Å².